The lowest BCUT2D eigenvalue weighted by Gasteiger charge is -2.17. The summed E-state index contributed by atoms with van der Waals surface area (Å²) in [5, 5.41) is 12.1. The molecule has 0 saturated heterocycles. The fourth-order valence-corrected chi connectivity index (χ4v) is 1.93. The van der Waals surface area contributed by atoms with Gasteiger partial charge in [-0.05, 0) is 25.1 Å². The van der Waals surface area contributed by atoms with Gasteiger partial charge in [0.2, 0.25) is 5.91 Å². The summed E-state index contributed by atoms with van der Waals surface area (Å²) in [4.78, 5) is 24.2. The highest BCUT2D eigenvalue weighted by Gasteiger charge is 2.23. The molecule has 17 heavy (non-hydrogen) atoms. The maximum atomic E-state index is 11.8. The van der Waals surface area contributed by atoms with E-state index in [-0.39, 0.29) is 17.5 Å². The second-order valence-corrected chi connectivity index (χ2v) is 4.24. The first-order valence-corrected chi connectivity index (χ1v) is 5.39. The molecule has 1 aromatic carbocycles. The third-order valence-electron chi connectivity index (χ3n) is 2.86. The molecule has 2 rings (SSSR count). The van der Waals surface area contributed by atoms with Crippen LogP contribution in [0.3, 0.4) is 0 Å². The number of carboxylic acid groups (broad SMARTS) is 1. The molecule has 90 valence electrons. The second kappa shape index (κ2) is 4.08. The third-order valence-corrected chi connectivity index (χ3v) is 2.86. The van der Waals surface area contributed by atoms with Gasteiger partial charge >= 0.3 is 5.97 Å². The number of rotatable bonds is 1. The summed E-state index contributed by atoms with van der Waals surface area (Å²) in [5.74, 6) is -0.952. The van der Waals surface area contributed by atoms with Crippen LogP contribution in [0.15, 0.2) is 18.2 Å². The first kappa shape index (κ1) is 11.4. The van der Waals surface area contributed by atoms with Crippen molar-refractivity contribution >= 4 is 23.3 Å². The lowest BCUT2D eigenvalue weighted by molar-refractivity contribution is -0.118. The van der Waals surface area contributed by atoms with Crippen molar-refractivity contribution in [3.8, 4) is 0 Å². The highest BCUT2D eigenvalue weighted by molar-refractivity contribution is 6.00. The smallest absolute Gasteiger partial charge is 0.335 e. The number of carbonyl (C=O) groups excluding carboxylic acids is 1. The van der Waals surface area contributed by atoms with Gasteiger partial charge in [0.25, 0.3) is 0 Å². The van der Waals surface area contributed by atoms with Crippen LogP contribution in [0.5, 0.6) is 0 Å². The van der Waals surface area contributed by atoms with E-state index >= 15 is 0 Å². The molecule has 0 spiro atoms. The molecule has 1 aliphatic heterocycles. The van der Waals surface area contributed by atoms with Crippen molar-refractivity contribution in [3.05, 3.63) is 23.8 Å². The number of nitrogens with one attached hydrogen (secondary N) is 1. The van der Waals surface area contributed by atoms with E-state index in [0.717, 1.165) is 0 Å². The standard InChI is InChI=1S/C12H14N2O3/c1-7-5-11(15)14(2)10-4-3-8(12(16)17)6-9(10)13-7/h3-4,6-7,13H,5H2,1-2H3,(H,16,17). The molecule has 0 aromatic heterocycles. The van der Waals surface area contributed by atoms with Crippen molar-refractivity contribution in [1.82, 2.24) is 0 Å². The summed E-state index contributed by atoms with van der Waals surface area (Å²) in [6.45, 7) is 1.90. The van der Waals surface area contributed by atoms with Crippen molar-refractivity contribution in [2.75, 3.05) is 17.3 Å². The van der Waals surface area contributed by atoms with E-state index in [1.165, 1.54) is 6.07 Å². The molecule has 0 radical (unpaired) electrons. The van der Waals surface area contributed by atoms with Gasteiger partial charge in [-0.1, -0.05) is 0 Å². The molecule has 1 aliphatic rings. The Bertz CT molecular complexity index is 485. The summed E-state index contributed by atoms with van der Waals surface area (Å²) in [7, 11) is 1.70. The molecule has 1 amide bonds. The summed E-state index contributed by atoms with van der Waals surface area (Å²) in [6.07, 6.45) is 0.396. The van der Waals surface area contributed by atoms with Gasteiger partial charge in [0, 0.05) is 19.5 Å². The van der Waals surface area contributed by atoms with Crippen LogP contribution in [-0.4, -0.2) is 30.1 Å². The van der Waals surface area contributed by atoms with E-state index in [0.29, 0.717) is 17.8 Å². The zero-order valence-electron chi connectivity index (χ0n) is 9.73. The molecule has 0 fully saturated rings. The van der Waals surface area contributed by atoms with Crippen molar-refractivity contribution in [2.24, 2.45) is 0 Å². The average molecular weight is 234 g/mol. The summed E-state index contributed by atoms with van der Waals surface area (Å²) in [5.41, 5.74) is 1.61. The Labute approximate surface area is 99.0 Å². The highest BCUT2D eigenvalue weighted by atomic mass is 16.4. The van der Waals surface area contributed by atoms with Crippen LogP contribution in [0, 0.1) is 0 Å². The number of amides is 1. The van der Waals surface area contributed by atoms with Crippen LogP contribution in [0.25, 0.3) is 0 Å². The fourth-order valence-electron chi connectivity index (χ4n) is 1.93. The van der Waals surface area contributed by atoms with Gasteiger partial charge in [-0.3, -0.25) is 4.79 Å². The van der Waals surface area contributed by atoms with Gasteiger partial charge in [-0.2, -0.15) is 0 Å². The topological polar surface area (TPSA) is 69.6 Å². The number of carboxylic acids is 1. The molecule has 1 heterocycles. The Hall–Kier alpha value is -2.04. The Morgan fingerprint density at radius 2 is 2.24 bits per heavy atom. The number of carbonyl (C=O) groups is 2. The van der Waals surface area contributed by atoms with Crippen LogP contribution in [0.2, 0.25) is 0 Å². The average Bonchev–Trinajstić information content (AvgIpc) is 2.36. The van der Waals surface area contributed by atoms with E-state index in [4.69, 9.17) is 5.11 Å². The number of nitrogens with zero attached hydrogens (tertiary/aromatic N) is 1. The van der Waals surface area contributed by atoms with Gasteiger partial charge < -0.3 is 15.3 Å². The maximum absolute atomic E-state index is 11.8. The van der Waals surface area contributed by atoms with E-state index in [1.54, 1.807) is 24.1 Å². The molecule has 0 aliphatic carbocycles. The first-order valence-electron chi connectivity index (χ1n) is 5.39. The zero-order valence-corrected chi connectivity index (χ0v) is 9.73. The Morgan fingerprint density at radius 1 is 1.53 bits per heavy atom. The van der Waals surface area contributed by atoms with Crippen molar-refractivity contribution < 1.29 is 14.7 Å². The lowest BCUT2D eigenvalue weighted by Crippen LogP contribution is -2.27. The zero-order chi connectivity index (χ0) is 12.6. The van der Waals surface area contributed by atoms with Gasteiger partial charge in [0.05, 0.1) is 16.9 Å². The van der Waals surface area contributed by atoms with Gasteiger partial charge in [0.1, 0.15) is 0 Å². The number of fused-ring (bicyclic) bond motifs is 1. The number of benzene rings is 1. The minimum Gasteiger partial charge on any atom is -0.478 e. The normalized spacial score (nSPS) is 19.3. The quantitative estimate of drug-likeness (QED) is 0.773. The number of aromatic carboxylic acids is 1. The van der Waals surface area contributed by atoms with Gasteiger partial charge in [-0.25, -0.2) is 4.79 Å². The summed E-state index contributed by atoms with van der Waals surface area (Å²) >= 11 is 0. The second-order valence-electron chi connectivity index (χ2n) is 4.24. The summed E-state index contributed by atoms with van der Waals surface area (Å²) in [6, 6.07) is 4.71. The molecule has 5 heteroatoms. The number of hydrogen-bond donors (Lipinski definition) is 2. The SMILES string of the molecule is CC1CC(=O)N(C)c2ccc(C(=O)O)cc2N1. The Morgan fingerprint density at radius 3 is 2.88 bits per heavy atom. The number of anilines is 2. The molecule has 1 unspecified atom stereocenters. The molecule has 1 atom stereocenters. The van der Waals surface area contributed by atoms with Crippen molar-refractivity contribution in [3.63, 3.8) is 0 Å². The monoisotopic (exact) mass is 234 g/mol. The molecule has 2 N–H and O–H groups in total. The number of hydrogen-bond acceptors (Lipinski definition) is 3. The molecular weight excluding hydrogens is 220 g/mol. The van der Waals surface area contributed by atoms with Crippen LogP contribution in [0.4, 0.5) is 11.4 Å². The van der Waals surface area contributed by atoms with Crippen molar-refractivity contribution in [1.29, 1.82) is 0 Å². The van der Waals surface area contributed by atoms with E-state index < -0.39 is 5.97 Å². The highest BCUT2D eigenvalue weighted by Crippen LogP contribution is 2.30. The van der Waals surface area contributed by atoms with Gasteiger partial charge in [-0.15, -0.1) is 0 Å². The maximum Gasteiger partial charge on any atom is 0.335 e. The fraction of sp³-hybridized carbons (Fsp3) is 0.333. The van der Waals surface area contributed by atoms with Crippen molar-refractivity contribution in [2.45, 2.75) is 19.4 Å². The van der Waals surface area contributed by atoms with E-state index in [9.17, 15) is 9.59 Å². The Kier molecular flexibility index (Phi) is 2.75. The van der Waals surface area contributed by atoms with Crippen LogP contribution in [0.1, 0.15) is 23.7 Å². The van der Waals surface area contributed by atoms with Crippen LogP contribution < -0.4 is 10.2 Å². The predicted molar refractivity (Wildman–Crippen MR) is 64.5 cm³/mol. The first-order chi connectivity index (χ1) is 7.99. The third kappa shape index (κ3) is 2.08. The van der Waals surface area contributed by atoms with E-state index in [1.807, 2.05) is 6.92 Å². The largest absolute Gasteiger partial charge is 0.478 e. The van der Waals surface area contributed by atoms with Gasteiger partial charge in [0.15, 0.2) is 0 Å². The van der Waals surface area contributed by atoms with Crippen LogP contribution in [-0.2, 0) is 4.79 Å². The van der Waals surface area contributed by atoms with Crippen LogP contribution >= 0.6 is 0 Å². The summed E-state index contributed by atoms with van der Waals surface area (Å²) < 4.78 is 0. The lowest BCUT2D eigenvalue weighted by atomic mass is 10.1. The Balaban J connectivity index is 2.50. The predicted octanol–water partition coefficient (Wildman–Crippen LogP) is 1.55. The molecule has 1 aromatic rings. The minimum atomic E-state index is -0.972. The molecule has 5 nitrogen and oxygen atoms in total. The molecular formula is C12H14N2O3. The molecule has 0 saturated carbocycles. The molecule has 0 bridgehead atoms. The van der Waals surface area contributed by atoms with E-state index in [2.05, 4.69) is 5.32 Å². The minimum absolute atomic E-state index is 0.00440.